The van der Waals surface area contributed by atoms with Crippen LogP contribution in [0, 0.1) is 0 Å². The average molecular weight is 263 g/mol. The topological polar surface area (TPSA) is 37.4 Å². The fourth-order valence-corrected chi connectivity index (χ4v) is 2.22. The van der Waals surface area contributed by atoms with Gasteiger partial charge < -0.3 is 15.0 Å². The molecule has 0 aromatic carbocycles. The number of hydrogen-bond acceptors (Lipinski definition) is 4. The molecule has 2 rings (SSSR count). The summed E-state index contributed by atoms with van der Waals surface area (Å²) in [6.45, 7) is 11.9. The third kappa shape index (κ3) is 3.91. The summed E-state index contributed by atoms with van der Waals surface area (Å²) >= 11 is 0. The van der Waals surface area contributed by atoms with E-state index in [-0.39, 0.29) is 0 Å². The van der Waals surface area contributed by atoms with Crippen molar-refractivity contribution in [3.8, 4) is 0 Å². The second kappa shape index (κ2) is 6.87. The van der Waals surface area contributed by atoms with E-state index in [0.29, 0.717) is 5.92 Å². The molecule has 0 saturated carbocycles. The Labute approximate surface area is 116 Å². The molecule has 19 heavy (non-hydrogen) atoms. The highest BCUT2D eigenvalue weighted by Crippen LogP contribution is 2.21. The first-order valence-electron chi connectivity index (χ1n) is 7.25. The minimum Gasteiger partial charge on any atom is -0.378 e. The van der Waals surface area contributed by atoms with E-state index in [2.05, 4.69) is 43.1 Å². The summed E-state index contributed by atoms with van der Waals surface area (Å²) < 4.78 is 5.41. The summed E-state index contributed by atoms with van der Waals surface area (Å²) in [5, 5.41) is 3.39. The standard InChI is InChI=1S/C15H25N3O/c1-4-16-11-13-9-14(12(2)3)17-15(10-13)18-5-7-19-8-6-18/h9-10,12,16H,4-8,11H2,1-3H3. The normalized spacial score (nSPS) is 16.1. The minimum atomic E-state index is 0.460. The lowest BCUT2D eigenvalue weighted by molar-refractivity contribution is 0.122. The first-order chi connectivity index (χ1) is 9.20. The summed E-state index contributed by atoms with van der Waals surface area (Å²) in [7, 11) is 0. The number of ether oxygens (including phenoxy) is 1. The lowest BCUT2D eigenvalue weighted by atomic mass is 10.1. The van der Waals surface area contributed by atoms with Gasteiger partial charge in [0.05, 0.1) is 13.2 Å². The van der Waals surface area contributed by atoms with E-state index in [1.54, 1.807) is 0 Å². The summed E-state index contributed by atoms with van der Waals surface area (Å²) in [4.78, 5) is 7.13. The van der Waals surface area contributed by atoms with Crippen molar-refractivity contribution in [2.24, 2.45) is 0 Å². The van der Waals surface area contributed by atoms with Crippen molar-refractivity contribution in [2.75, 3.05) is 37.7 Å². The molecular weight excluding hydrogens is 238 g/mol. The Hall–Kier alpha value is -1.13. The molecule has 1 fully saturated rings. The Bertz CT molecular complexity index is 400. The van der Waals surface area contributed by atoms with Gasteiger partial charge in [0.2, 0.25) is 0 Å². The van der Waals surface area contributed by atoms with Crippen molar-refractivity contribution in [3.05, 3.63) is 23.4 Å². The molecule has 4 heteroatoms. The van der Waals surface area contributed by atoms with Crippen LogP contribution in [0.5, 0.6) is 0 Å². The Balaban J connectivity index is 2.22. The third-order valence-corrected chi connectivity index (χ3v) is 3.40. The van der Waals surface area contributed by atoms with Crippen LogP contribution in [0.4, 0.5) is 5.82 Å². The molecule has 0 amide bonds. The smallest absolute Gasteiger partial charge is 0.129 e. The maximum atomic E-state index is 5.41. The Morgan fingerprint density at radius 2 is 2.05 bits per heavy atom. The van der Waals surface area contributed by atoms with Crippen molar-refractivity contribution >= 4 is 5.82 Å². The zero-order valence-electron chi connectivity index (χ0n) is 12.3. The van der Waals surface area contributed by atoms with Crippen LogP contribution in [0.15, 0.2) is 12.1 Å². The van der Waals surface area contributed by atoms with Crippen LogP contribution in [0.1, 0.15) is 37.9 Å². The maximum absolute atomic E-state index is 5.41. The van der Waals surface area contributed by atoms with Crippen molar-refractivity contribution in [3.63, 3.8) is 0 Å². The monoisotopic (exact) mass is 263 g/mol. The molecule has 1 aliphatic rings. The van der Waals surface area contributed by atoms with Crippen LogP contribution >= 0.6 is 0 Å². The largest absolute Gasteiger partial charge is 0.378 e. The molecule has 1 aromatic heterocycles. The molecule has 4 nitrogen and oxygen atoms in total. The molecule has 0 atom stereocenters. The molecule has 0 radical (unpaired) electrons. The van der Waals surface area contributed by atoms with Crippen molar-refractivity contribution in [1.82, 2.24) is 10.3 Å². The van der Waals surface area contributed by atoms with Gasteiger partial charge >= 0.3 is 0 Å². The van der Waals surface area contributed by atoms with Crippen molar-refractivity contribution in [2.45, 2.75) is 33.2 Å². The number of anilines is 1. The van der Waals surface area contributed by atoms with Gasteiger partial charge in [0.1, 0.15) is 5.82 Å². The van der Waals surface area contributed by atoms with Gasteiger partial charge in [-0.1, -0.05) is 20.8 Å². The Morgan fingerprint density at radius 3 is 2.68 bits per heavy atom. The number of hydrogen-bond donors (Lipinski definition) is 1. The van der Waals surface area contributed by atoms with Crippen LogP contribution in [0.3, 0.4) is 0 Å². The quantitative estimate of drug-likeness (QED) is 0.883. The predicted molar refractivity (Wildman–Crippen MR) is 78.7 cm³/mol. The minimum absolute atomic E-state index is 0.460. The molecule has 0 aliphatic carbocycles. The van der Waals surface area contributed by atoms with Crippen LogP contribution in [-0.2, 0) is 11.3 Å². The highest BCUT2D eigenvalue weighted by molar-refractivity contribution is 5.43. The average Bonchev–Trinajstić information content (AvgIpc) is 2.45. The van der Waals surface area contributed by atoms with Gasteiger partial charge in [-0.05, 0) is 30.2 Å². The van der Waals surface area contributed by atoms with E-state index in [1.807, 2.05) is 0 Å². The van der Waals surface area contributed by atoms with Gasteiger partial charge in [-0.2, -0.15) is 0 Å². The lowest BCUT2D eigenvalue weighted by Crippen LogP contribution is -2.37. The second-order valence-corrected chi connectivity index (χ2v) is 5.29. The van der Waals surface area contributed by atoms with Crippen molar-refractivity contribution < 1.29 is 4.74 Å². The highest BCUT2D eigenvalue weighted by atomic mass is 16.5. The van der Waals surface area contributed by atoms with Crippen LogP contribution in [-0.4, -0.2) is 37.8 Å². The maximum Gasteiger partial charge on any atom is 0.129 e. The fourth-order valence-electron chi connectivity index (χ4n) is 2.22. The van der Waals surface area contributed by atoms with E-state index >= 15 is 0 Å². The van der Waals surface area contributed by atoms with E-state index in [0.717, 1.165) is 45.2 Å². The van der Waals surface area contributed by atoms with E-state index in [4.69, 9.17) is 9.72 Å². The van der Waals surface area contributed by atoms with E-state index in [1.165, 1.54) is 11.3 Å². The first kappa shape index (κ1) is 14.3. The molecule has 1 N–H and O–H groups in total. The number of rotatable bonds is 5. The molecule has 2 heterocycles. The second-order valence-electron chi connectivity index (χ2n) is 5.29. The van der Waals surface area contributed by atoms with Gasteiger partial charge in [0, 0.05) is 25.3 Å². The highest BCUT2D eigenvalue weighted by Gasteiger charge is 2.15. The van der Waals surface area contributed by atoms with Gasteiger partial charge in [-0.25, -0.2) is 4.98 Å². The molecule has 1 aromatic rings. The van der Waals surface area contributed by atoms with E-state index in [9.17, 15) is 0 Å². The van der Waals surface area contributed by atoms with Gasteiger partial charge in [0.25, 0.3) is 0 Å². The zero-order chi connectivity index (χ0) is 13.7. The number of aromatic nitrogens is 1. The first-order valence-corrected chi connectivity index (χ1v) is 7.25. The van der Waals surface area contributed by atoms with Gasteiger partial charge in [-0.15, -0.1) is 0 Å². The SMILES string of the molecule is CCNCc1cc(C(C)C)nc(N2CCOCC2)c1. The molecule has 0 spiro atoms. The Morgan fingerprint density at radius 1 is 1.32 bits per heavy atom. The van der Waals surface area contributed by atoms with E-state index < -0.39 is 0 Å². The van der Waals surface area contributed by atoms with Gasteiger partial charge in [0.15, 0.2) is 0 Å². The van der Waals surface area contributed by atoms with Crippen LogP contribution < -0.4 is 10.2 Å². The van der Waals surface area contributed by atoms with Crippen LogP contribution in [0.2, 0.25) is 0 Å². The number of morpholine rings is 1. The molecular formula is C15H25N3O. The molecule has 106 valence electrons. The number of nitrogens with zero attached hydrogens (tertiary/aromatic N) is 2. The predicted octanol–water partition coefficient (Wildman–Crippen LogP) is 2.15. The summed E-state index contributed by atoms with van der Waals surface area (Å²) in [5.41, 5.74) is 2.50. The zero-order valence-corrected chi connectivity index (χ0v) is 12.3. The number of pyridine rings is 1. The third-order valence-electron chi connectivity index (χ3n) is 3.40. The molecule has 0 bridgehead atoms. The molecule has 0 unspecified atom stereocenters. The van der Waals surface area contributed by atoms with Gasteiger partial charge in [-0.3, -0.25) is 0 Å². The summed E-state index contributed by atoms with van der Waals surface area (Å²) in [6.07, 6.45) is 0. The fraction of sp³-hybridized carbons (Fsp3) is 0.667. The summed E-state index contributed by atoms with van der Waals surface area (Å²) in [6, 6.07) is 4.43. The number of nitrogens with one attached hydrogen (secondary N) is 1. The lowest BCUT2D eigenvalue weighted by Gasteiger charge is -2.29. The molecule has 1 saturated heterocycles. The summed E-state index contributed by atoms with van der Waals surface area (Å²) in [5.74, 6) is 1.56. The van der Waals surface area contributed by atoms with Crippen LogP contribution in [0.25, 0.3) is 0 Å². The Kier molecular flexibility index (Phi) is 5.16. The van der Waals surface area contributed by atoms with Crippen molar-refractivity contribution in [1.29, 1.82) is 0 Å². The molecule has 1 aliphatic heterocycles.